The number of para-hydroxylation sites is 1. The fraction of sp³-hybridized carbons (Fsp3) is 0.238. The predicted molar refractivity (Wildman–Crippen MR) is 110 cm³/mol. The van der Waals surface area contributed by atoms with E-state index in [1.807, 2.05) is 53.4 Å². The van der Waals surface area contributed by atoms with E-state index in [4.69, 9.17) is 4.74 Å². The zero-order chi connectivity index (χ0) is 18.5. The highest BCUT2D eigenvalue weighted by Gasteiger charge is 2.21. The highest BCUT2D eigenvalue weighted by Crippen LogP contribution is 2.28. The number of amides is 1. The number of hydrogen-bond acceptors (Lipinski definition) is 5. The Morgan fingerprint density at radius 3 is 2.96 bits per heavy atom. The molecule has 1 amide bonds. The number of rotatable bonds is 6. The van der Waals surface area contributed by atoms with Crippen LogP contribution in [0.4, 0.5) is 0 Å². The number of carbonyl (C=O) groups excluding carboxylic acids is 1. The predicted octanol–water partition coefficient (Wildman–Crippen LogP) is 4.42. The molecule has 4 rings (SSSR count). The highest BCUT2D eigenvalue weighted by molar-refractivity contribution is 7.98. The monoisotopic (exact) mass is 396 g/mol. The van der Waals surface area contributed by atoms with Crippen molar-refractivity contribution in [1.29, 1.82) is 0 Å². The third-order valence-electron chi connectivity index (χ3n) is 4.50. The number of ether oxygens (including phenoxy) is 1. The average Bonchev–Trinajstić information content (AvgIpc) is 3.24. The van der Waals surface area contributed by atoms with Crippen LogP contribution in [0.15, 0.2) is 64.3 Å². The Hall–Kier alpha value is -2.31. The van der Waals surface area contributed by atoms with E-state index in [2.05, 4.69) is 16.4 Å². The molecule has 1 aromatic heterocycles. The van der Waals surface area contributed by atoms with Crippen molar-refractivity contribution >= 4 is 29.0 Å². The second kappa shape index (κ2) is 8.59. The van der Waals surface area contributed by atoms with E-state index < -0.39 is 0 Å². The zero-order valence-electron chi connectivity index (χ0n) is 14.8. The minimum Gasteiger partial charge on any atom is -0.493 e. The maximum Gasteiger partial charge on any atom is 0.252 e. The summed E-state index contributed by atoms with van der Waals surface area (Å²) in [7, 11) is 0. The van der Waals surface area contributed by atoms with E-state index in [0.29, 0.717) is 19.1 Å². The van der Waals surface area contributed by atoms with Crippen molar-refractivity contribution < 1.29 is 9.53 Å². The van der Waals surface area contributed by atoms with Gasteiger partial charge in [-0.15, -0.1) is 23.1 Å². The van der Waals surface area contributed by atoms with Gasteiger partial charge in [0.15, 0.2) is 0 Å². The highest BCUT2D eigenvalue weighted by atomic mass is 32.2. The number of fused-ring (bicyclic) bond motifs is 1. The summed E-state index contributed by atoms with van der Waals surface area (Å²) in [6.07, 6.45) is 0.927. The number of thiazole rings is 1. The summed E-state index contributed by atoms with van der Waals surface area (Å²) in [4.78, 5) is 18.0. The number of nitrogens with one attached hydrogen (secondary N) is 1. The number of thioether (sulfide) groups is 1. The Labute approximate surface area is 167 Å². The lowest BCUT2D eigenvalue weighted by molar-refractivity contribution is 0.0936. The number of benzene rings is 2. The van der Waals surface area contributed by atoms with Gasteiger partial charge in [0, 0.05) is 28.5 Å². The number of aromatic nitrogens is 1. The Kier molecular flexibility index (Phi) is 5.75. The molecule has 138 valence electrons. The second-order valence-electron chi connectivity index (χ2n) is 6.46. The topological polar surface area (TPSA) is 51.2 Å². The number of carbonyl (C=O) groups is 1. The van der Waals surface area contributed by atoms with E-state index >= 15 is 0 Å². The average molecular weight is 397 g/mol. The van der Waals surface area contributed by atoms with Crippen LogP contribution in [0.25, 0.3) is 0 Å². The molecule has 0 radical (unpaired) electrons. The van der Waals surface area contributed by atoms with E-state index in [1.54, 1.807) is 23.1 Å². The Bertz CT molecular complexity index is 912. The lowest BCUT2D eigenvalue weighted by Crippen LogP contribution is -2.35. The van der Waals surface area contributed by atoms with Gasteiger partial charge < -0.3 is 10.1 Å². The fourth-order valence-corrected chi connectivity index (χ4v) is 4.71. The standard InChI is InChI=1S/C21H20N2O2S2/c24-21(22-10-15-9-16-5-1-3-7-19(16)25-11-15)18-6-2-4-8-20(18)27-13-17-12-26-14-23-17/h1-8,12,14-15H,9-11,13H2,(H,22,24). The molecular formula is C21H20N2O2S2. The molecule has 1 unspecified atom stereocenters. The maximum atomic E-state index is 12.7. The first-order chi connectivity index (χ1) is 13.3. The van der Waals surface area contributed by atoms with E-state index in [0.717, 1.165) is 34.1 Å². The van der Waals surface area contributed by atoms with Crippen LogP contribution in [-0.2, 0) is 12.2 Å². The quantitative estimate of drug-likeness (QED) is 0.627. The molecule has 0 spiro atoms. The van der Waals surface area contributed by atoms with Gasteiger partial charge in [0.1, 0.15) is 5.75 Å². The van der Waals surface area contributed by atoms with E-state index in [9.17, 15) is 4.79 Å². The zero-order valence-corrected chi connectivity index (χ0v) is 16.4. The largest absolute Gasteiger partial charge is 0.493 e. The van der Waals surface area contributed by atoms with Gasteiger partial charge >= 0.3 is 0 Å². The van der Waals surface area contributed by atoms with Gasteiger partial charge in [0.2, 0.25) is 0 Å². The summed E-state index contributed by atoms with van der Waals surface area (Å²) in [6.45, 7) is 1.25. The molecule has 1 atom stereocenters. The third kappa shape index (κ3) is 4.51. The smallest absolute Gasteiger partial charge is 0.252 e. The third-order valence-corrected chi connectivity index (χ3v) is 6.24. The Balaban J connectivity index is 1.36. The summed E-state index contributed by atoms with van der Waals surface area (Å²) >= 11 is 3.23. The van der Waals surface area contributed by atoms with Crippen LogP contribution in [0, 0.1) is 5.92 Å². The molecular weight excluding hydrogens is 376 g/mol. The van der Waals surface area contributed by atoms with Gasteiger partial charge in [0.05, 0.1) is 23.4 Å². The molecule has 0 saturated heterocycles. The van der Waals surface area contributed by atoms with Crippen LogP contribution >= 0.6 is 23.1 Å². The lowest BCUT2D eigenvalue weighted by atomic mass is 9.96. The molecule has 1 aliphatic rings. The minimum absolute atomic E-state index is 0.0322. The molecule has 0 saturated carbocycles. The molecule has 1 N–H and O–H groups in total. The van der Waals surface area contributed by atoms with Crippen molar-refractivity contribution in [3.05, 3.63) is 76.2 Å². The first-order valence-corrected chi connectivity index (χ1v) is 10.8. The van der Waals surface area contributed by atoms with Gasteiger partial charge in [-0.2, -0.15) is 0 Å². The van der Waals surface area contributed by atoms with Crippen LogP contribution in [-0.4, -0.2) is 24.0 Å². The van der Waals surface area contributed by atoms with Crippen LogP contribution < -0.4 is 10.1 Å². The van der Waals surface area contributed by atoms with Crippen molar-refractivity contribution in [3.8, 4) is 5.75 Å². The van der Waals surface area contributed by atoms with Gasteiger partial charge in [-0.1, -0.05) is 30.3 Å². The molecule has 0 bridgehead atoms. The van der Waals surface area contributed by atoms with E-state index in [-0.39, 0.29) is 5.91 Å². The Morgan fingerprint density at radius 1 is 1.22 bits per heavy atom. The van der Waals surface area contributed by atoms with Crippen molar-refractivity contribution in [2.24, 2.45) is 5.92 Å². The van der Waals surface area contributed by atoms with Gasteiger partial charge in [0.25, 0.3) is 5.91 Å². The maximum absolute atomic E-state index is 12.7. The van der Waals surface area contributed by atoms with Gasteiger partial charge in [-0.25, -0.2) is 4.98 Å². The first kappa shape index (κ1) is 18.1. The van der Waals surface area contributed by atoms with Crippen LogP contribution in [0.1, 0.15) is 21.6 Å². The minimum atomic E-state index is -0.0322. The fourth-order valence-electron chi connectivity index (χ4n) is 3.09. The molecule has 6 heteroatoms. The molecule has 3 aromatic rings. The van der Waals surface area contributed by atoms with Gasteiger partial charge in [-0.3, -0.25) is 4.79 Å². The molecule has 4 nitrogen and oxygen atoms in total. The van der Waals surface area contributed by atoms with Crippen molar-refractivity contribution in [3.63, 3.8) is 0 Å². The van der Waals surface area contributed by atoms with Crippen LogP contribution in [0.2, 0.25) is 0 Å². The van der Waals surface area contributed by atoms with E-state index in [1.165, 1.54) is 5.56 Å². The molecule has 0 aliphatic carbocycles. The molecule has 1 aliphatic heterocycles. The first-order valence-electron chi connectivity index (χ1n) is 8.87. The van der Waals surface area contributed by atoms with Crippen LogP contribution in [0.5, 0.6) is 5.75 Å². The van der Waals surface area contributed by atoms with Crippen molar-refractivity contribution in [2.45, 2.75) is 17.1 Å². The summed E-state index contributed by atoms with van der Waals surface area (Å²) < 4.78 is 5.82. The number of nitrogens with zero attached hydrogens (tertiary/aromatic N) is 1. The lowest BCUT2D eigenvalue weighted by Gasteiger charge is -2.25. The van der Waals surface area contributed by atoms with Crippen LogP contribution in [0.3, 0.4) is 0 Å². The molecule has 27 heavy (non-hydrogen) atoms. The van der Waals surface area contributed by atoms with Gasteiger partial charge in [-0.05, 0) is 30.2 Å². The normalized spacial score (nSPS) is 15.6. The summed E-state index contributed by atoms with van der Waals surface area (Å²) in [5, 5.41) is 5.13. The van der Waals surface area contributed by atoms with Crippen molar-refractivity contribution in [2.75, 3.05) is 13.2 Å². The SMILES string of the molecule is O=C(NCC1COc2ccccc2C1)c1ccccc1SCc1cscn1. The molecule has 2 aromatic carbocycles. The molecule has 0 fully saturated rings. The Morgan fingerprint density at radius 2 is 2.07 bits per heavy atom. The summed E-state index contributed by atoms with van der Waals surface area (Å²) in [5.74, 6) is 1.99. The molecule has 2 heterocycles. The number of hydrogen-bond donors (Lipinski definition) is 1. The second-order valence-corrected chi connectivity index (χ2v) is 8.20. The summed E-state index contributed by atoms with van der Waals surface area (Å²) in [5.41, 5.74) is 4.80. The summed E-state index contributed by atoms with van der Waals surface area (Å²) in [6, 6.07) is 15.8. The van der Waals surface area contributed by atoms with Crippen molar-refractivity contribution in [1.82, 2.24) is 10.3 Å².